The first-order chi connectivity index (χ1) is 12.3. The Labute approximate surface area is 161 Å². The van der Waals surface area contributed by atoms with Gasteiger partial charge >= 0.3 is 0 Å². The molecule has 0 unspecified atom stereocenters. The Morgan fingerprint density at radius 2 is 1.73 bits per heavy atom. The van der Waals surface area contributed by atoms with Crippen LogP contribution in [0.2, 0.25) is 0 Å². The van der Waals surface area contributed by atoms with Crippen molar-refractivity contribution in [3.05, 3.63) is 56.9 Å². The lowest BCUT2D eigenvalue weighted by atomic mass is 9.93. The van der Waals surface area contributed by atoms with E-state index in [4.69, 9.17) is 4.42 Å². The first kappa shape index (κ1) is 17.1. The summed E-state index contributed by atoms with van der Waals surface area (Å²) in [6.07, 6.45) is 0. The molecule has 0 fully saturated rings. The second-order valence-corrected chi connectivity index (χ2v) is 8.75. The molecule has 0 saturated carbocycles. The van der Waals surface area contributed by atoms with Crippen LogP contribution < -0.4 is 5.56 Å². The van der Waals surface area contributed by atoms with Gasteiger partial charge in [0.1, 0.15) is 11.5 Å². The van der Waals surface area contributed by atoms with E-state index in [-0.39, 0.29) is 5.56 Å². The Morgan fingerprint density at radius 3 is 2.42 bits per heavy atom. The van der Waals surface area contributed by atoms with Crippen LogP contribution >= 0.6 is 27.3 Å². The summed E-state index contributed by atoms with van der Waals surface area (Å²) in [6.45, 7) is 5.78. The molecule has 0 aliphatic heterocycles. The second kappa shape index (κ2) is 6.14. The Bertz CT molecular complexity index is 1150. The van der Waals surface area contributed by atoms with E-state index in [1.54, 1.807) is 0 Å². The first-order valence-corrected chi connectivity index (χ1v) is 9.57. The van der Waals surface area contributed by atoms with Gasteiger partial charge in [-0.2, -0.15) is 4.52 Å². The molecule has 3 heterocycles. The van der Waals surface area contributed by atoms with Crippen molar-refractivity contribution >= 4 is 32.2 Å². The molecular weight excluding hydrogens is 416 g/mol. The van der Waals surface area contributed by atoms with Crippen LogP contribution in [0, 0.1) is 0 Å². The fourth-order valence-corrected chi connectivity index (χ4v) is 3.57. The lowest BCUT2D eigenvalue weighted by Gasteiger charge is -2.14. The van der Waals surface area contributed by atoms with Gasteiger partial charge in [-0.1, -0.05) is 60.2 Å². The van der Waals surface area contributed by atoms with Gasteiger partial charge in [0, 0.05) is 15.5 Å². The SMILES string of the molecule is CC(C)(C)c1nnc2sc(-c3ccc(-c4ccc(Br)cc4)o3)nn2c1=O. The molecule has 132 valence electrons. The van der Waals surface area contributed by atoms with Crippen LogP contribution in [-0.2, 0) is 5.41 Å². The Balaban J connectivity index is 1.77. The Morgan fingerprint density at radius 1 is 1.04 bits per heavy atom. The summed E-state index contributed by atoms with van der Waals surface area (Å²) in [4.78, 5) is 13.1. The van der Waals surface area contributed by atoms with Crippen LogP contribution in [0.3, 0.4) is 0 Å². The van der Waals surface area contributed by atoms with E-state index in [9.17, 15) is 4.79 Å². The highest BCUT2D eigenvalue weighted by atomic mass is 79.9. The van der Waals surface area contributed by atoms with Gasteiger partial charge in [-0.05, 0) is 24.3 Å². The Kier molecular flexibility index (Phi) is 4.04. The zero-order chi connectivity index (χ0) is 18.5. The van der Waals surface area contributed by atoms with Crippen LogP contribution in [0.1, 0.15) is 26.5 Å². The molecule has 0 aliphatic rings. The first-order valence-electron chi connectivity index (χ1n) is 7.96. The Hall–Kier alpha value is -2.32. The fourth-order valence-electron chi connectivity index (χ4n) is 2.51. The van der Waals surface area contributed by atoms with Crippen molar-refractivity contribution in [3.63, 3.8) is 0 Å². The third-order valence-corrected chi connectivity index (χ3v) is 5.29. The van der Waals surface area contributed by atoms with E-state index < -0.39 is 5.41 Å². The van der Waals surface area contributed by atoms with Crippen molar-refractivity contribution < 1.29 is 4.42 Å². The highest BCUT2D eigenvalue weighted by Gasteiger charge is 2.23. The summed E-state index contributed by atoms with van der Waals surface area (Å²) < 4.78 is 8.24. The summed E-state index contributed by atoms with van der Waals surface area (Å²) in [5.41, 5.74) is 0.716. The average molecular weight is 431 g/mol. The minimum atomic E-state index is -0.394. The maximum atomic E-state index is 12.6. The molecule has 0 amide bonds. The molecule has 4 rings (SSSR count). The number of halogens is 1. The molecule has 6 nitrogen and oxygen atoms in total. The number of furan rings is 1. The number of benzene rings is 1. The topological polar surface area (TPSA) is 73.3 Å². The van der Waals surface area contributed by atoms with Crippen LogP contribution in [-0.4, -0.2) is 19.8 Å². The molecule has 0 bridgehead atoms. The molecule has 3 aromatic heterocycles. The number of nitrogens with zero attached hydrogens (tertiary/aromatic N) is 4. The van der Waals surface area contributed by atoms with Gasteiger partial charge in [0.15, 0.2) is 10.8 Å². The molecule has 0 atom stereocenters. The van der Waals surface area contributed by atoms with Gasteiger partial charge in [0.05, 0.1) is 0 Å². The van der Waals surface area contributed by atoms with Crippen molar-refractivity contribution in [2.45, 2.75) is 26.2 Å². The molecule has 26 heavy (non-hydrogen) atoms. The number of fused-ring (bicyclic) bond motifs is 1. The third kappa shape index (κ3) is 2.99. The molecule has 0 spiro atoms. The molecular formula is C18H15BrN4O2S. The molecule has 0 N–H and O–H groups in total. The largest absolute Gasteiger partial charge is 0.454 e. The van der Waals surface area contributed by atoms with Crippen LogP contribution in [0.5, 0.6) is 0 Å². The summed E-state index contributed by atoms with van der Waals surface area (Å²) in [5, 5.41) is 13.2. The van der Waals surface area contributed by atoms with Gasteiger partial charge < -0.3 is 4.42 Å². The van der Waals surface area contributed by atoms with Crippen molar-refractivity contribution in [3.8, 4) is 22.1 Å². The minimum absolute atomic E-state index is 0.246. The van der Waals surface area contributed by atoms with Crippen LogP contribution in [0.4, 0.5) is 0 Å². The fraction of sp³-hybridized carbons (Fsp3) is 0.222. The smallest absolute Gasteiger partial charge is 0.297 e. The summed E-state index contributed by atoms with van der Waals surface area (Å²) in [7, 11) is 0. The van der Waals surface area contributed by atoms with Crippen molar-refractivity contribution in [1.29, 1.82) is 0 Å². The van der Waals surface area contributed by atoms with Gasteiger partial charge in [0.2, 0.25) is 4.96 Å². The predicted molar refractivity (Wildman–Crippen MR) is 104 cm³/mol. The number of rotatable bonds is 2. The van der Waals surface area contributed by atoms with E-state index in [0.29, 0.717) is 21.4 Å². The number of aromatic nitrogens is 4. The molecule has 0 aliphatic carbocycles. The lowest BCUT2D eigenvalue weighted by Crippen LogP contribution is -2.30. The molecule has 1 aromatic carbocycles. The van der Waals surface area contributed by atoms with Crippen molar-refractivity contribution in [2.75, 3.05) is 0 Å². The van der Waals surface area contributed by atoms with E-state index in [1.807, 2.05) is 57.2 Å². The van der Waals surface area contributed by atoms with E-state index in [2.05, 4.69) is 31.2 Å². The third-order valence-electron chi connectivity index (χ3n) is 3.85. The van der Waals surface area contributed by atoms with Gasteiger partial charge in [-0.15, -0.1) is 15.3 Å². The second-order valence-electron chi connectivity index (χ2n) is 6.88. The summed E-state index contributed by atoms with van der Waals surface area (Å²) in [6, 6.07) is 11.6. The van der Waals surface area contributed by atoms with Crippen LogP contribution in [0.15, 0.2) is 50.1 Å². The highest BCUT2D eigenvalue weighted by molar-refractivity contribution is 9.10. The zero-order valence-electron chi connectivity index (χ0n) is 14.4. The zero-order valence-corrected chi connectivity index (χ0v) is 16.8. The molecule has 0 saturated heterocycles. The normalized spacial score (nSPS) is 12.0. The molecule has 0 radical (unpaired) electrons. The lowest BCUT2D eigenvalue weighted by molar-refractivity contribution is 0.542. The summed E-state index contributed by atoms with van der Waals surface area (Å²) in [5.74, 6) is 1.33. The van der Waals surface area contributed by atoms with E-state index in [0.717, 1.165) is 15.8 Å². The van der Waals surface area contributed by atoms with Gasteiger partial charge in [-0.25, -0.2) is 0 Å². The van der Waals surface area contributed by atoms with E-state index >= 15 is 0 Å². The maximum absolute atomic E-state index is 12.6. The predicted octanol–water partition coefficient (Wildman–Crippen LogP) is 4.53. The average Bonchev–Trinajstić information content (AvgIpc) is 3.21. The monoisotopic (exact) mass is 430 g/mol. The minimum Gasteiger partial charge on any atom is -0.454 e. The van der Waals surface area contributed by atoms with Crippen molar-refractivity contribution in [1.82, 2.24) is 19.8 Å². The number of hydrogen-bond acceptors (Lipinski definition) is 6. The van der Waals surface area contributed by atoms with E-state index in [1.165, 1.54) is 15.9 Å². The summed E-state index contributed by atoms with van der Waals surface area (Å²) >= 11 is 4.69. The van der Waals surface area contributed by atoms with Crippen LogP contribution in [0.25, 0.3) is 27.1 Å². The standard InChI is InChI=1S/C18H15BrN4O2S/c1-18(2,3)14-16(24)23-17(21-20-14)26-15(22-23)13-9-8-12(25-13)10-4-6-11(19)7-5-10/h4-9H,1-3H3. The maximum Gasteiger partial charge on any atom is 0.297 e. The molecule has 8 heteroatoms. The molecule has 4 aromatic rings. The highest BCUT2D eigenvalue weighted by Crippen LogP contribution is 2.31. The van der Waals surface area contributed by atoms with Gasteiger partial charge in [0.25, 0.3) is 5.56 Å². The van der Waals surface area contributed by atoms with Crippen molar-refractivity contribution in [2.24, 2.45) is 0 Å². The number of hydrogen-bond donors (Lipinski definition) is 0. The van der Waals surface area contributed by atoms with Gasteiger partial charge in [-0.3, -0.25) is 4.79 Å². The quantitative estimate of drug-likeness (QED) is 0.466.